The molecule has 1 N–H and O–H groups in total. The molecule has 15 heavy (non-hydrogen) atoms. The molecule has 92 valence electrons. The maximum atomic E-state index is 11.5. The van der Waals surface area contributed by atoms with Gasteiger partial charge in [0.05, 0.1) is 13.0 Å². The predicted molar refractivity (Wildman–Crippen MR) is 42.0 cm³/mol. The fourth-order valence-corrected chi connectivity index (χ4v) is 2.57. The predicted octanol–water partition coefficient (Wildman–Crippen LogP) is 0.131. The topological polar surface area (TPSA) is 97.7 Å². The normalized spacial score (nSPS) is 14.1. The summed E-state index contributed by atoms with van der Waals surface area (Å²) in [7, 11) is -9.54. The van der Waals surface area contributed by atoms with Gasteiger partial charge in [-0.2, -0.15) is 30.0 Å². The van der Waals surface area contributed by atoms with Crippen molar-refractivity contribution in [3.63, 3.8) is 0 Å². The van der Waals surface area contributed by atoms with Crippen molar-refractivity contribution < 1.29 is 38.7 Å². The van der Waals surface area contributed by atoms with Crippen LogP contribution in [0.1, 0.15) is 6.42 Å². The third-order valence-corrected chi connectivity index (χ3v) is 3.81. The molecule has 0 spiro atoms. The van der Waals surface area contributed by atoms with Crippen LogP contribution in [0.5, 0.6) is 0 Å². The fraction of sp³-hybridized carbons (Fsp3) is 1.00. The van der Waals surface area contributed by atoms with Gasteiger partial charge in [-0.3, -0.25) is 8.74 Å². The number of hydrogen-bond donors (Lipinski definition) is 1. The Morgan fingerprint density at radius 1 is 1.13 bits per heavy atom. The van der Waals surface area contributed by atoms with Gasteiger partial charge in [-0.1, -0.05) is 0 Å². The lowest BCUT2D eigenvalue weighted by molar-refractivity contribution is -0.139. The maximum Gasteiger partial charge on any atom is 0.391 e. The Morgan fingerprint density at radius 2 is 1.60 bits per heavy atom. The molecule has 0 aromatic rings. The van der Waals surface area contributed by atoms with E-state index in [9.17, 15) is 30.0 Å². The highest BCUT2D eigenvalue weighted by Gasteiger charge is 2.29. The Bertz CT molecular complexity index is 393. The molecule has 0 aromatic heterocycles. The van der Waals surface area contributed by atoms with Gasteiger partial charge in [0.25, 0.3) is 20.2 Å². The number of alkyl halides is 3. The maximum absolute atomic E-state index is 11.5. The molecule has 0 amide bonds. The Labute approximate surface area is 83.9 Å². The molecular weight excluding hydrogens is 265 g/mol. The van der Waals surface area contributed by atoms with Crippen molar-refractivity contribution in [3.05, 3.63) is 0 Å². The Balaban J connectivity index is 4.20. The van der Waals surface area contributed by atoms with Crippen molar-refractivity contribution in [1.82, 2.24) is 0 Å². The van der Waals surface area contributed by atoms with E-state index < -0.39 is 44.5 Å². The summed E-state index contributed by atoms with van der Waals surface area (Å²) in [5.74, 6) is 0. The molecule has 0 radical (unpaired) electrons. The van der Waals surface area contributed by atoms with E-state index in [1.54, 1.807) is 0 Å². The van der Waals surface area contributed by atoms with Crippen LogP contribution in [0.4, 0.5) is 13.2 Å². The molecule has 0 rings (SSSR count). The first kappa shape index (κ1) is 14.6. The molecule has 0 saturated carbocycles. The van der Waals surface area contributed by atoms with Gasteiger partial charge in [0.2, 0.25) is 5.08 Å². The summed E-state index contributed by atoms with van der Waals surface area (Å²) >= 11 is 0. The molecule has 0 atom stereocenters. The summed E-state index contributed by atoms with van der Waals surface area (Å²) < 4.78 is 87.7. The molecule has 0 aromatic carbocycles. The lowest BCUT2D eigenvalue weighted by atomic mass is 10.5. The van der Waals surface area contributed by atoms with Crippen molar-refractivity contribution in [2.24, 2.45) is 0 Å². The summed E-state index contributed by atoms with van der Waals surface area (Å²) in [4.78, 5) is 0. The summed E-state index contributed by atoms with van der Waals surface area (Å²) in [6.07, 6.45) is -6.13. The van der Waals surface area contributed by atoms with E-state index in [4.69, 9.17) is 4.55 Å². The Morgan fingerprint density at radius 3 is 1.93 bits per heavy atom. The van der Waals surface area contributed by atoms with Crippen LogP contribution >= 0.6 is 0 Å². The second-order valence-electron chi connectivity index (χ2n) is 2.44. The molecule has 0 aliphatic carbocycles. The third kappa shape index (κ3) is 9.90. The number of rotatable bonds is 5. The summed E-state index contributed by atoms with van der Waals surface area (Å²) in [6.45, 7) is -1.22. The quantitative estimate of drug-likeness (QED) is 0.564. The zero-order chi connectivity index (χ0) is 12.3. The number of hydrogen-bond acceptors (Lipinski definition) is 5. The highest BCUT2D eigenvalue weighted by molar-refractivity contribution is 8.03. The first-order valence-electron chi connectivity index (χ1n) is 3.30. The van der Waals surface area contributed by atoms with E-state index in [2.05, 4.69) is 4.18 Å². The monoisotopic (exact) mass is 272 g/mol. The minimum Gasteiger partial charge on any atom is -0.285 e. The average Bonchev–Trinajstić information content (AvgIpc) is 1.75. The fourth-order valence-electron chi connectivity index (χ4n) is 0.501. The van der Waals surface area contributed by atoms with Gasteiger partial charge in [-0.05, 0) is 0 Å². The van der Waals surface area contributed by atoms with Crippen molar-refractivity contribution in [2.45, 2.75) is 12.6 Å². The van der Waals surface area contributed by atoms with Crippen LogP contribution in [-0.4, -0.2) is 39.3 Å². The van der Waals surface area contributed by atoms with Crippen LogP contribution in [0.3, 0.4) is 0 Å². The molecule has 0 fully saturated rings. The van der Waals surface area contributed by atoms with Gasteiger partial charge in [0, 0.05) is 0 Å². The SMILES string of the molecule is O=S(=O)(O)CS(=O)(=O)OCCC(F)(F)F. The van der Waals surface area contributed by atoms with Gasteiger partial charge in [-0.15, -0.1) is 0 Å². The minimum atomic E-state index is -4.84. The van der Waals surface area contributed by atoms with Gasteiger partial charge >= 0.3 is 6.18 Å². The minimum absolute atomic E-state index is 1.22. The second-order valence-corrected chi connectivity index (χ2v) is 5.90. The molecule has 0 unspecified atom stereocenters. The third-order valence-electron chi connectivity index (χ3n) is 0.942. The van der Waals surface area contributed by atoms with Crippen molar-refractivity contribution >= 4 is 20.2 Å². The number of halogens is 3. The first-order valence-corrected chi connectivity index (χ1v) is 6.49. The van der Waals surface area contributed by atoms with Crippen LogP contribution < -0.4 is 0 Å². The van der Waals surface area contributed by atoms with E-state index in [1.807, 2.05) is 0 Å². The molecule has 0 aliphatic heterocycles. The average molecular weight is 272 g/mol. The molecular formula is C4H7F3O6S2. The van der Waals surface area contributed by atoms with Crippen LogP contribution in [0.25, 0.3) is 0 Å². The zero-order valence-corrected chi connectivity index (χ0v) is 8.69. The van der Waals surface area contributed by atoms with E-state index in [0.29, 0.717) is 0 Å². The second kappa shape index (κ2) is 4.63. The van der Waals surface area contributed by atoms with Gasteiger partial charge in [-0.25, -0.2) is 0 Å². The standard InChI is InChI=1S/C4H7F3O6S2/c5-4(6,7)1-2-13-15(11,12)3-14(8,9)10/h1-3H2,(H,8,9,10). The summed E-state index contributed by atoms with van der Waals surface area (Å²) in [5, 5.41) is -1.77. The van der Waals surface area contributed by atoms with Crippen molar-refractivity contribution in [2.75, 3.05) is 11.7 Å². The molecule has 0 bridgehead atoms. The lowest BCUT2D eigenvalue weighted by Crippen LogP contribution is -2.20. The van der Waals surface area contributed by atoms with Gasteiger partial charge in [0.1, 0.15) is 0 Å². The van der Waals surface area contributed by atoms with E-state index in [0.717, 1.165) is 0 Å². The van der Waals surface area contributed by atoms with E-state index in [1.165, 1.54) is 0 Å². The van der Waals surface area contributed by atoms with E-state index >= 15 is 0 Å². The molecule has 0 heterocycles. The first-order chi connectivity index (χ1) is 6.41. The zero-order valence-electron chi connectivity index (χ0n) is 7.06. The Hall–Kier alpha value is -0.390. The summed E-state index contributed by atoms with van der Waals surface area (Å²) in [6, 6.07) is 0. The smallest absolute Gasteiger partial charge is 0.285 e. The molecule has 11 heteroatoms. The molecule has 0 aliphatic rings. The Kier molecular flexibility index (Phi) is 4.51. The van der Waals surface area contributed by atoms with Crippen LogP contribution in [0.15, 0.2) is 0 Å². The van der Waals surface area contributed by atoms with Gasteiger partial charge in [0.15, 0.2) is 0 Å². The molecule has 6 nitrogen and oxygen atoms in total. The van der Waals surface area contributed by atoms with Gasteiger partial charge < -0.3 is 0 Å². The lowest BCUT2D eigenvalue weighted by Gasteiger charge is -2.06. The van der Waals surface area contributed by atoms with Crippen LogP contribution in [-0.2, 0) is 24.4 Å². The van der Waals surface area contributed by atoms with Crippen molar-refractivity contribution in [1.29, 1.82) is 0 Å². The molecule has 0 saturated heterocycles. The summed E-state index contributed by atoms with van der Waals surface area (Å²) in [5.41, 5.74) is 0. The largest absolute Gasteiger partial charge is 0.391 e. The van der Waals surface area contributed by atoms with Crippen molar-refractivity contribution in [3.8, 4) is 0 Å². The highest BCUT2D eigenvalue weighted by atomic mass is 32.3. The highest BCUT2D eigenvalue weighted by Crippen LogP contribution is 2.19. The van der Waals surface area contributed by atoms with E-state index in [-0.39, 0.29) is 0 Å². The van der Waals surface area contributed by atoms with Crippen LogP contribution in [0, 0.1) is 0 Å². The van der Waals surface area contributed by atoms with Crippen LogP contribution in [0.2, 0.25) is 0 Å².